The summed E-state index contributed by atoms with van der Waals surface area (Å²) < 4.78 is 220. The van der Waals surface area contributed by atoms with Crippen molar-refractivity contribution in [3.8, 4) is 0 Å². The predicted octanol–water partition coefficient (Wildman–Crippen LogP) is 6.80. The summed E-state index contributed by atoms with van der Waals surface area (Å²) in [5.74, 6) is -40.4. The molecule has 0 saturated heterocycles. The fraction of sp³-hybridized carbons (Fsp3) is 0.600. The van der Waals surface area contributed by atoms with Crippen LogP contribution in [-0.4, -0.2) is 84.7 Å². The average molecular weight is 641 g/mol. The van der Waals surface area contributed by atoms with Crippen LogP contribution in [-0.2, 0) is 10.1 Å². The van der Waals surface area contributed by atoms with Crippen LogP contribution in [0, 0.1) is 0 Å². The minimum atomic E-state index is -8.44. The van der Waals surface area contributed by atoms with Gasteiger partial charge in [-0.2, -0.15) is 65.9 Å². The summed E-state index contributed by atoms with van der Waals surface area (Å²) in [5, 5.41) is -7.75. The molecule has 236 valence electrons. The highest BCUT2D eigenvalue weighted by Gasteiger charge is 2.91. The van der Waals surface area contributed by atoms with Crippen LogP contribution >= 0.6 is 0 Å². The summed E-state index contributed by atoms with van der Waals surface area (Å²) in [6.07, 6.45) is -2.97. The molecule has 0 bridgehead atoms. The van der Waals surface area contributed by atoms with Crippen molar-refractivity contribution in [2.24, 2.45) is 0 Å². The first kappa shape index (κ1) is 39.9. The van der Waals surface area contributed by atoms with Crippen LogP contribution in [0.1, 0.15) is 6.42 Å². The molecule has 0 aliphatic carbocycles. The highest BCUT2D eigenvalue weighted by molar-refractivity contribution is 7.86. The normalized spacial score (nSPS) is 14.6. The van der Waals surface area contributed by atoms with E-state index in [2.05, 4.69) is 26.3 Å². The maximum Gasteiger partial charge on any atom is 0.402 e. The van der Waals surface area contributed by atoms with E-state index in [-0.39, 0.29) is 0 Å². The van der Waals surface area contributed by atoms with Gasteiger partial charge < -0.3 is 9.04 Å². The molecule has 0 N–H and O–H groups in total. The smallest absolute Gasteiger partial charge is 0.402 e. The van der Waals surface area contributed by atoms with E-state index in [0.29, 0.717) is 0 Å². The third-order valence-corrected chi connectivity index (χ3v) is 5.69. The van der Waals surface area contributed by atoms with Gasteiger partial charge in [0.05, 0.1) is 26.2 Å². The standard InChI is InChI=1S/C12H20N.C8H3F15O3S/c1-5-9-13(10-6-2,11-7-3)12-8-4;9-2(10,1-3(11,12)13)4(14,15)5(16,17)6(18,19)7(20,21)8(22,23)27(24,25)26/h5-8H,1-4,9-12H2;1H2,(H,24,25,26)/q+1;/p-1. The number of halogens is 15. The first-order valence-corrected chi connectivity index (χ1v) is 11.4. The van der Waals surface area contributed by atoms with Gasteiger partial charge in [-0.05, 0) is 24.3 Å². The summed E-state index contributed by atoms with van der Waals surface area (Å²) in [4.78, 5) is 0. The molecular formula is C20H22F15NO3S. The van der Waals surface area contributed by atoms with Gasteiger partial charge in [0.2, 0.25) is 0 Å². The maximum absolute atomic E-state index is 13.0. The zero-order valence-corrected chi connectivity index (χ0v) is 20.7. The van der Waals surface area contributed by atoms with Gasteiger partial charge in [-0.1, -0.05) is 26.3 Å². The molecule has 0 aromatic rings. The van der Waals surface area contributed by atoms with Gasteiger partial charge in [-0.15, -0.1) is 0 Å². The van der Waals surface area contributed by atoms with Crippen LogP contribution in [0.4, 0.5) is 65.9 Å². The van der Waals surface area contributed by atoms with Crippen LogP contribution in [0.15, 0.2) is 50.6 Å². The van der Waals surface area contributed by atoms with Crippen LogP contribution in [0.2, 0.25) is 0 Å². The highest BCUT2D eigenvalue weighted by Crippen LogP contribution is 2.61. The van der Waals surface area contributed by atoms with Gasteiger partial charge in [0.15, 0.2) is 10.1 Å². The van der Waals surface area contributed by atoms with E-state index < -0.39 is 57.6 Å². The highest BCUT2D eigenvalue weighted by atomic mass is 32.2. The zero-order valence-electron chi connectivity index (χ0n) is 19.9. The number of nitrogens with zero attached hydrogens (tertiary/aromatic N) is 1. The average Bonchev–Trinajstić information content (AvgIpc) is 2.71. The molecule has 0 aliphatic heterocycles. The first-order chi connectivity index (χ1) is 17.4. The molecule has 20 heteroatoms. The number of quaternary nitrogens is 1. The summed E-state index contributed by atoms with van der Waals surface area (Å²) >= 11 is 0. The zero-order chi connectivity index (χ0) is 32.9. The van der Waals surface area contributed by atoms with Crippen LogP contribution < -0.4 is 0 Å². The Morgan fingerprint density at radius 1 is 0.550 bits per heavy atom. The number of alkyl halides is 15. The van der Waals surface area contributed by atoms with Crippen LogP contribution in [0.3, 0.4) is 0 Å². The van der Waals surface area contributed by atoms with E-state index in [1.165, 1.54) is 0 Å². The lowest BCUT2D eigenvalue weighted by atomic mass is 9.93. The second-order valence-electron chi connectivity index (χ2n) is 7.99. The van der Waals surface area contributed by atoms with Crippen molar-refractivity contribution < 1.29 is 83.3 Å². The summed E-state index contributed by atoms with van der Waals surface area (Å²) in [7, 11) is -7.97. The summed E-state index contributed by atoms with van der Waals surface area (Å²) in [5.41, 5.74) is 0. The number of hydrogen-bond acceptors (Lipinski definition) is 3. The van der Waals surface area contributed by atoms with Crippen LogP contribution in [0.5, 0.6) is 0 Å². The van der Waals surface area contributed by atoms with Crippen molar-refractivity contribution in [1.82, 2.24) is 0 Å². The van der Waals surface area contributed by atoms with Crippen molar-refractivity contribution in [1.29, 1.82) is 0 Å². The summed E-state index contributed by atoms with van der Waals surface area (Å²) in [6.45, 7) is 18.8. The summed E-state index contributed by atoms with van der Waals surface area (Å²) in [6, 6.07) is 0. The first-order valence-electron chi connectivity index (χ1n) is 10.0. The fourth-order valence-corrected chi connectivity index (χ4v) is 3.31. The van der Waals surface area contributed by atoms with Gasteiger partial charge >= 0.3 is 41.0 Å². The molecular weight excluding hydrogens is 619 g/mol. The predicted molar refractivity (Wildman–Crippen MR) is 111 cm³/mol. The lowest BCUT2D eigenvalue weighted by Crippen LogP contribution is -2.71. The largest absolute Gasteiger partial charge is 0.743 e. The Morgan fingerprint density at radius 2 is 0.825 bits per heavy atom. The SMILES string of the molecule is C=CC[N+](CC=C)(CC=C)CC=C.O=S(=O)([O-])C(F)(F)C(F)(F)C(F)(F)C(F)(F)C(F)(F)C(F)(F)CC(F)(F)F. The molecule has 0 amide bonds. The molecule has 0 atom stereocenters. The lowest BCUT2D eigenvalue weighted by molar-refractivity contribution is -0.906. The Hall–Kier alpha value is -2.22. The van der Waals surface area contributed by atoms with Crippen molar-refractivity contribution in [2.75, 3.05) is 26.2 Å². The van der Waals surface area contributed by atoms with Gasteiger partial charge in [0.1, 0.15) is 6.42 Å². The molecule has 40 heavy (non-hydrogen) atoms. The molecule has 4 nitrogen and oxygen atoms in total. The molecule has 0 spiro atoms. The van der Waals surface area contributed by atoms with E-state index in [9.17, 15) is 78.8 Å². The Bertz CT molecular complexity index is 960. The molecule has 0 fully saturated rings. The second-order valence-corrected chi connectivity index (χ2v) is 9.41. The molecule has 0 rings (SSSR count). The Morgan fingerprint density at radius 3 is 1.05 bits per heavy atom. The molecule has 0 aromatic heterocycles. The Kier molecular flexibility index (Phi) is 12.7. The molecule has 0 aliphatic rings. The molecule has 0 radical (unpaired) electrons. The van der Waals surface area contributed by atoms with E-state index >= 15 is 0 Å². The third kappa shape index (κ3) is 7.95. The lowest BCUT2D eigenvalue weighted by Gasteiger charge is -2.41. The fourth-order valence-electron chi connectivity index (χ4n) is 2.87. The van der Waals surface area contributed by atoms with Gasteiger partial charge in [-0.3, -0.25) is 0 Å². The van der Waals surface area contributed by atoms with Crippen molar-refractivity contribution in [3.05, 3.63) is 50.6 Å². The topological polar surface area (TPSA) is 57.2 Å². The van der Waals surface area contributed by atoms with Gasteiger partial charge in [0, 0.05) is 0 Å². The molecule has 0 unspecified atom stereocenters. The second kappa shape index (κ2) is 12.7. The van der Waals surface area contributed by atoms with Crippen LogP contribution in [0.25, 0.3) is 0 Å². The minimum absolute atomic E-state index is 0.903. The molecule has 0 heterocycles. The van der Waals surface area contributed by atoms with Gasteiger partial charge in [-0.25, -0.2) is 8.42 Å². The van der Waals surface area contributed by atoms with E-state index in [1.807, 2.05) is 24.3 Å². The number of hydrogen-bond donors (Lipinski definition) is 0. The van der Waals surface area contributed by atoms with E-state index in [4.69, 9.17) is 0 Å². The van der Waals surface area contributed by atoms with Gasteiger partial charge in [0.25, 0.3) is 0 Å². The molecule has 0 saturated carbocycles. The molecule has 0 aromatic carbocycles. The van der Waals surface area contributed by atoms with Crippen molar-refractivity contribution in [3.63, 3.8) is 0 Å². The van der Waals surface area contributed by atoms with E-state index in [1.54, 1.807) is 0 Å². The quantitative estimate of drug-likeness (QED) is 0.0856. The Labute approximate surface area is 218 Å². The Balaban J connectivity index is 0. The van der Waals surface area contributed by atoms with E-state index in [0.717, 1.165) is 30.7 Å². The number of rotatable bonds is 15. The minimum Gasteiger partial charge on any atom is -0.743 e. The van der Waals surface area contributed by atoms with Crippen molar-refractivity contribution >= 4 is 10.1 Å². The monoisotopic (exact) mass is 641 g/mol. The third-order valence-electron chi connectivity index (χ3n) is 4.81. The maximum atomic E-state index is 13.0. The van der Waals surface area contributed by atoms with Crippen molar-refractivity contribution in [2.45, 2.75) is 47.5 Å².